The predicted molar refractivity (Wildman–Crippen MR) is 109 cm³/mol. The molecular weight excluding hydrogens is 435 g/mol. The van der Waals surface area contributed by atoms with Crippen molar-refractivity contribution in [3.05, 3.63) is 68.7 Å². The van der Waals surface area contributed by atoms with Crippen molar-refractivity contribution in [3.63, 3.8) is 0 Å². The Balaban J connectivity index is 1.32. The van der Waals surface area contributed by atoms with E-state index in [2.05, 4.69) is 9.80 Å². The molecule has 166 valence electrons. The van der Waals surface area contributed by atoms with Gasteiger partial charge in [0.2, 0.25) is 0 Å². The van der Waals surface area contributed by atoms with Crippen LogP contribution in [0.5, 0.6) is 5.75 Å². The van der Waals surface area contributed by atoms with Crippen molar-refractivity contribution in [1.29, 1.82) is 0 Å². The van der Waals surface area contributed by atoms with E-state index in [9.17, 15) is 23.3 Å². The summed E-state index contributed by atoms with van der Waals surface area (Å²) in [6.45, 7) is 3.24. The number of piperazine rings is 1. The van der Waals surface area contributed by atoms with Gasteiger partial charge in [-0.15, -0.1) is 0 Å². The average Bonchev–Trinajstić information content (AvgIpc) is 3.29. The van der Waals surface area contributed by atoms with Crippen LogP contribution in [0.25, 0.3) is 0 Å². The van der Waals surface area contributed by atoms with Gasteiger partial charge in [-0.1, -0.05) is 29.8 Å². The Kier molecular flexibility index (Phi) is 6.09. The zero-order valence-electron chi connectivity index (χ0n) is 16.5. The van der Waals surface area contributed by atoms with Gasteiger partial charge >= 0.3 is 6.18 Å². The Hall–Kier alpha value is -2.36. The minimum Gasteiger partial charge on any atom is -0.492 e. The van der Waals surface area contributed by atoms with Crippen LogP contribution in [-0.4, -0.2) is 53.0 Å². The van der Waals surface area contributed by atoms with Crippen molar-refractivity contribution >= 4 is 17.3 Å². The summed E-state index contributed by atoms with van der Waals surface area (Å²) in [7, 11) is 0. The highest BCUT2D eigenvalue weighted by atomic mass is 35.5. The summed E-state index contributed by atoms with van der Waals surface area (Å²) in [5, 5.41) is 11.7. The van der Waals surface area contributed by atoms with Crippen molar-refractivity contribution < 1.29 is 22.8 Å². The lowest BCUT2D eigenvalue weighted by Gasteiger charge is -2.34. The average molecular weight is 456 g/mol. The highest BCUT2D eigenvalue weighted by Crippen LogP contribution is 2.35. The first kappa shape index (κ1) is 21.9. The first-order valence-corrected chi connectivity index (χ1v) is 10.3. The zero-order valence-corrected chi connectivity index (χ0v) is 17.3. The van der Waals surface area contributed by atoms with E-state index in [-0.39, 0.29) is 12.4 Å². The first-order chi connectivity index (χ1) is 14.7. The van der Waals surface area contributed by atoms with Crippen LogP contribution in [0.4, 0.5) is 18.9 Å². The number of likely N-dealkylation sites (tertiary alicyclic amines) is 2. The molecule has 2 aromatic rings. The van der Waals surface area contributed by atoms with Gasteiger partial charge in [0.25, 0.3) is 5.69 Å². The summed E-state index contributed by atoms with van der Waals surface area (Å²) < 4.78 is 44.5. The summed E-state index contributed by atoms with van der Waals surface area (Å²) in [6.07, 6.45) is -3.65. The lowest BCUT2D eigenvalue weighted by molar-refractivity contribution is -0.385. The third-order valence-corrected chi connectivity index (χ3v) is 6.24. The first-order valence-electron chi connectivity index (χ1n) is 9.91. The number of hydrogen-bond acceptors (Lipinski definition) is 5. The van der Waals surface area contributed by atoms with Gasteiger partial charge in [0.1, 0.15) is 12.4 Å². The molecule has 10 heteroatoms. The fourth-order valence-corrected chi connectivity index (χ4v) is 4.56. The van der Waals surface area contributed by atoms with E-state index < -0.39 is 22.4 Å². The van der Waals surface area contributed by atoms with Gasteiger partial charge in [-0.25, -0.2) is 0 Å². The lowest BCUT2D eigenvalue weighted by atomic mass is 10.2. The summed E-state index contributed by atoms with van der Waals surface area (Å²) in [5.74, 6) is -0.147. The Morgan fingerprint density at radius 3 is 2.48 bits per heavy atom. The molecule has 0 N–H and O–H groups in total. The number of non-ortho nitro benzene ring substituents is 1. The van der Waals surface area contributed by atoms with Crippen molar-refractivity contribution in [2.45, 2.75) is 31.2 Å². The SMILES string of the molecule is O=[N+]([O-])c1cc(OCCN2C[C@@H]3CC2CN3Cc2ccccc2Cl)cc(C(F)(F)F)c1. The third kappa shape index (κ3) is 4.94. The molecular formula is C21H21ClF3N3O3. The minimum atomic E-state index is -4.68. The van der Waals surface area contributed by atoms with Crippen LogP contribution in [0, 0.1) is 10.1 Å². The number of benzene rings is 2. The molecule has 0 aliphatic carbocycles. The molecule has 2 aromatic carbocycles. The van der Waals surface area contributed by atoms with Crippen LogP contribution in [0.2, 0.25) is 5.02 Å². The molecule has 31 heavy (non-hydrogen) atoms. The topological polar surface area (TPSA) is 58.9 Å². The molecule has 0 saturated carbocycles. The minimum absolute atomic E-state index is 0.147. The third-order valence-electron chi connectivity index (χ3n) is 5.88. The summed E-state index contributed by atoms with van der Waals surface area (Å²) >= 11 is 6.26. The van der Waals surface area contributed by atoms with E-state index in [1.165, 1.54) is 0 Å². The van der Waals surface area contributed by atoms with Crippen LogP contribution < -0.4 is 4.74 Å². The van der Waals surface area contributed by atoms with E-state index >= 15 is 0 Å². The fraction of sp³-hybridized carbons (Fsp3) is 0.429. The normalized spacial score (nSPS) is 21.5. The molecule has 0 aromatic heterocycles. The Morgan fingerprint density at radius 1 is 1.13 bits per heavy atom. The molecule has 2 heterocycles. The number of nitrogens with zero attached hydrogens (tertiary/aromatic N) is 3. The molecule has 2 bridgehead atoms. The van der Waals surface area contributed by atoms with Crippen LogP contribution >= 0.6 is 11.6 Å². The number of fused-ring (bicyclic) bond motifs is 2. The summed E-state index contributed by atoms with van der Waals surface area (Å²) in [5.41, 5.74) is -0.634. The second-order valence-electron chi connectivity index (χ2n) is 7.88. The number of rotatable bonds is 7. The quantitative estimate of drug-likeness (QED) is 0.451. The van der Waals surface area contributed by atoms with Crippen LogP contribution in [-0.2, 0) is 12.7 Å². The second kappa shape index (κ2) is 8.64. The smallest absolute Gasteiger partial charge is 0.416 e. The van der Waals surface area contributed by atoms with Gasteiger partial charge < -0.3 is 4.74 Å². The van der Waals surface area contributed by atoms with E-state index in [0.717, 1.165) is 48.8 Å². The maximum Gasteiger partial charge on any atom is 0.416 e. The number of hydrogen-bond donors (Lipinski definition) is 0. The van der Waals surface area contributed by atoms with E-state index in [0.29, 0.717) is 24.7 Å². The molecule has 2 saturated heterocycles. The molecule has 4 rings (SSSR count). The van der Waals surface area contributed by atoms with Crippen molar-refractivity contribution in [1.82, 2.24) is 9.80 Å². The number of ether oxygens (including phenoxy) is 1. The van der Waals surface area contributed by atoms with Gasteiger partial charge in [-0.3, -0.25) is 19.9 Å². The summed E-state index contributed by atoms with van der Waals surface area (Å²) in [4.78, 5) is 14.8. The van der Waals surface area contributed by atoms with Gasteiger partial charge in [-0.05, 0) is 24.1 Å². The summed E-state index contributed by atoms with van der Waals surface area (Å²) in [6, 6.07) is 10.9. The van der Waals surface area contributed by atoms with Crippen molar-refractivity contribution in [2.75, 3.05) is 26.2 Å². The number of halogens is 4. The Labute approximate surface area is 182 Å². The van der Waals surface area contributed by atoms with E-state index in [1.807, 2.05) is 24.3 Å². The zero-order chi connectivity index (χ0) is 22.2. The number of nitro benzene ring substituents is 1. The molecule has 1 unspecified atom stereocenters. The lowest BCUT2D eigenvalue weighted by Crippen LogP contribution is -2.47. The van der Waals surface area contributed by atoms with Gasteiger partial charge in [0.05, 0.1) is 16.6 Å². The molecule has 0 radical (unpaired) electrons. The maximum absolute atomic E-state index is 13.0. The monoisotopic (exact) mass is 455 g/mol. The molecule has 6 nitrogen and oxygen atoms in total. The molecule has 2 aliphatic heterocycles. The molecule has 2 aliphatic rings. The van der Waals surface area contributed by atoms with Crippen LogP contribution in [0.15, 0.2) is 42.5 Å². The Bertz CT molecular complexity index is 972. The largest absolute Gasteiger partial charge is 0.492 e. The highest BCUT2D eigenvalue weighted by molar-refractivity contribution is 6.31. The van der Waals surface area contributed by atoms with Crippen LogP contribution in [0.3, 0.4) is 0 Å². The van der Waals surface area contributed by atoms with Crippen molar-refractivity contribution in [2.24, 2.45) is 0 Å². The van der Waals surface area contributed by atoms with Gasteiger partial charge in [-0.2, -0.15) is 13.2 Å². The highest BCUT2D eigenvalue weighted by Gasteiger charge is 2.42. The molecule has 0 spiro atoms. The predicted octanol–water partition coefficient (Wildman–Crippen LogP) is 4.60. The number of alkyl halides is 3. The second-order valence-corrected chi connectivity index (χ2v) is 8.29. The fourth-order valence-electron chi connectivity index (χ4n) is 4.36. The van der Waals surface area contributed by atoms with Crippen LogP contribution in [0.1, 0.15) is 17.5 Å². The van der Waals surface area contributed by atoms with Gasteiger partial charge in [0, 0.05) is 49.4 Å². The molecule has 2 atom stereocenters. The van der Waals surface area contributed by atoms with E-state index in [1.54, 1.807) is 0 Å². The van der Waals surface area contributed by atoms with Crippen molar-refractivity contribution in [3.8, 4) is 5.75 Å². The standard InChI is InChI=1S/C21H21ClF3N3O3/c22-20-4-2-1-3-14(20)11-27-13-17-9-18(27)12-26(17)5-6-31-19-8-15(21(23,24)25)7-16(10-19)28(29)30/h1-4,7-8,10,17-18H,5-6,9,11-13H2/t17?,18-/m0/s1. The number of nitro groups is 1. The van der Waals surface area contributed by atoms with E-state index in [4.69, 9.17) is 16.3 Å². The maximum atomic E-state index is 13.0. The molecule has 2 fully saturated rings. The Morgan fingerprint density at radius 2 is 1.84 bits per heavy atom. The van der Waals surface area contributed by atoms with Gasteiger partial charge in [0.15, 0.2) is 0 Å². The molecule has 0 amide bonds.